The maximum absolute atomic E-state index is 11.8. The highest BCUT2D eigenvalue weighted by Crippen LogP contribution is 2.16. The molecule has 0 aliphatic heterocycles. The number of thioether (sulfide) groups is 1. The molecule has 0 aliphatic rings. The van der Waals surface area contributed by atoms with Crippen molar-refractivity contribution in [2.75, 3.05) is 5.75 Å². The number of non-ortho nitro benzene ring substituents is 1. The van der Waals surface area contributed by atoms with E-state index in [1.54, 1.807) is 12.1 Å². The van der Waals surface area contributed by atoms with Crippen molar-refractivity contribution in [2.45, 2.75) is 12.7 Å². The van der Waals surface area contributed by atoms with Crippen molar-refractivity contribution in [3.8, 4) is 0 Å². The van der Waals surface area contributed by atoms with E-state index >= 15 is 0 Å². The Labute approximate surface area is 158 Å². The molecular formula is C17H16BrN3O3S. The summed E-state index contributed by atoms with van der Waals surface area (Å²) in [7, 11) is 0. The smallest absolute Gasteiger partial charge is 0.269 e. The van der Waals surface area contributed by atoms with E-state index in [4.69, 9.17) is 0 Å². The van der Waals surface area contributed by atoms with Gasteiger partial charge in [0.2, 0.25) is 5.91 Å². The maximum atomic E-state index is 11.8. The highest BCUT2D eigenvalue weighted by atomic mass is 79.9. The summed E-state index contributed by atoms with van der Waals surface area (Å²) in [5, 5.41) is 14.7. The van der Waals surface area contributed by atoms with Crippen molar-refractivity contribution in [2.24, 2.45) is 5.10 Å². The van der Waals surface area contributed by atoms with Crippen molar-refractivity contribution in [3.63, 3.8) is 0 Å². The van der Waals surface area contributed by atoms with Crippen molar-refractivity contribution >= 4 is 45.0 Å². The second-order valence-electron chi connectivity index (χ2n) is 5.16. The molecular weight excluding hydrogens is 406 g/mol. The monoisotopic (exact) mass is 421 g/mol. The van der Waals surface area contributed by atoms with E-state index in [1.807, 2.05) is 31.2 Å². The van der Waals surface area contributed by atoms with Gasteiger partial charge in [-0.3, -0.25) is 14.9 Å². The van der Waals surface area contributed by atoms with Crippen LogP contribution >= 0.6 is 27.7 Å². The fourth-order valence-corrected chi connectivity index (χ4v) is 3.11. The van der Waals surface area contributed by atoms with Gasteiger partial charge in [-0.25, -0.2) is 5.43 Å². The zero-order valence-corrected chi connectivity index (χ0v) is 15.8. The molecule has 130 valence electrons. The van der Waals surface area contributed by atoms with Gasteiger partial charge in [-0.15, -0.1) is 11.8 Å². The molecule has 0 spiro atoms. The highest BCUT2D eigenvalue weighted by molar-refractivity contribution is 9.10. The molecule has 8 heteroatoms. The van der Waals surface area contributed by atoms with Crippen LogP contribution in [0.1, 0.15) is 18.1 Å². The molecule has 0 fully saturated rings. The summed E-state index contributed by atoms with van der Waals surface area (Å²) in [6.45, 7) is 1.83. The fourth-order valence-electron chi connectivity index (χ4n) is 1.93. The van der Waals surface area contributed by atoms with Crippen LogP contribution in [0.25, 0.3) is 0 Å². The standard InChI is InChI=1S/C17H16BrN3O3S/c1-12(14-3-2-4-15(18)9-14)19-20-17(22)11-25-10-13-5-7-16(8-6-13)21(23)24/h2-9H,10-11H2,1H3,(H,20,22). The summed E-state index contributed by atoms with van der Waals surface area (Å²) in [6.07, 6.45) is 0. The van der Waals surface area contributed by atoms with Gasteiger partial charge in [0.1, 0.15) is 0 Å². The fraction of sp³-hybridized carbons (Fsp3) is 0.176. The normalized spacial score (nSPS) is 11.2. The minimum absolute atomic E-state index is 0.0591. The molecule has 0 radical (unpaired) electrons. The summed E-state index contributed by atoms with van der Waals surface area (Å²) in [6, 6.07) is 14.0. The molecule has 0 saturated carbocycles. The number of carbonyl (C=O) groups excluding carboxylic acids is 1. The number of hydrogen-bond acceptors (Lipinski definition) is 5. The summed E-state index contributed by atoms with van der Waals surface area (Å²) in [5.74, 6) is 0.660. The van der Waals surface area contributed by atoms with Crippen LogP contribution in [-0.2, 0) is 10.5 Å². The molecule has 0 unspecified atom stereocenters. The van der Waals surface area contributed by atoms with Crippen molar-refractivity contribution in [3.05, 3.63) is 74.2 Å². The van der Waals surface area contributed by atoms with E-state index < -0.39 is 4.92 Å². The van der Waals surface area contributed by atoms with Crippen molar-refractivity contribution < 1.29 is 9.72 Å². The second-order valence-corrected chi connectivity index (χ2v) is 7.06. The van der Waals surface area contributed by atoms with Crippen molar-refractivity contribution in [1.29, 1.82) is 0 Å². The second kappa shape index (κ2) is 9.33. The molecule has 0 saturated heterocycles. The van der Waals surface area contributed by atoms with E-state index in [0.29, 0.717) is 5.75 Å². The van der Waals surface area contributed by atoms with E-state index in [1.165, 1.54) is 23.9 Å². The van der Waals surface area contributed by atoms with Gasteiger partial charge in [0.05, 0.1) is 16.4 Å². The molecule has 6 nitrogen and oxygen atoms in total. The zero-order chi connectivity index (χ0) is 18.2. The van der Waals surface area contributed by atoms with E-state index in [2.05, 4.69) is 26.5 Å². The van der Waals surface area contributed by atoms with E-state index in [9.17, 15) is 14.9 Å². The van der Waals surface area contributed by atoms with Crippen LogP contribution in [0.3, 0.4) is 0 Å². The molecule has 0 heterocycles. The minimum Gasteiger partial charge on any atom is -0.272 e. The third-order valence-electron chi connectivity index (χ3n) is 3.24. The van der Waals surface area contributed by atoms with Gasteiger partial charge in [0.15, 0.2) is 0 Å². The number of amides is 1. The highest BCUT2D eigenvalue weighted by Gasteiger charge is 2.06. The molecule has 0 bridgehead atoms. The molecule has 2 aromatic rings. The number of hydrogen-bond donors (Lipinski definition) is 1. The number of nitro groups is 1. The average molecular weight is 422 g/mol. The van der Waals surface area contributed by atoms with Crippen LogP contribution in [0.15, 0.2) is 58.1 Å². The van der Waals surface area contributed by atoms with Crippen LogP contribution < -0.4 is 5.43 Å². The number of nitrogens with zero attached hydrogens (tertiary/aromatic N) is 2. The molecule has 0 aliphatic carbocycles. The third kappa shape index (κ3) is 6.32. The number of rotatable bonds is 7. The topological polar surface area (TPSA) is 84.6 Å². The minimum atomic E-state index is -0.435. The zero-order valence-electron chi connectivity index (χ0n) is 13.4. The lowest BCUT2D eigenvalue weighted by atomic mass is 10.1. The van der Waals surface area contributed by atoms with Gasteiger partial charge in [-0.1, -0.05) is 40.2 Å². The lowest BCUT2D eigenvalue weighted by Crippen LogP contribution is -2.21. The molecule has 0 atom stereocenters. The summed E-state index contributed by atoms with van der Waals surface area (Å²) in [5.41, 5.74) is 5.16. The first-order chi connectivity index (χ1) is 12.0. The molecule has 1 N–H and O–H groups in total. The predicted octanol–water partition coefficient (Wildman–Crippen LogP) is 4.13. The molecule has 0 aromatic heterocycles. The first kappa shape index (κ1) is 19.1. The summed E-state index contributed by atoms with van der Waals surface area (Å²) < 4.78 is 0.949. The number of carbonyl (C=O) groups is 1. The van der Waals surface area contributed by atoms with Crippen molar-refractivity contribution in [1.82, 2.24) is 5.43 Å². The Morgan fingerprint density at radius 1 is 1.28 bits per heavy atom. The predicted molar refractivity (Wildman–Crippen MR) is 104 cm³/mol. The van der Waals surface area contributed by atoms with Gasteiger partial charge in [-0.2, -0.15) is 5.10 Å². The number of nitro benzene ring substituents is 1. The van der Waals surface area contributed by atoms with Crippen LogP contribution in [0, 0.1) is 10.1 Å². The van der Waals surface area contributed by atoms with Gasteiger partial charge < -0.3 is 0 Å². The first-order valence-corrected chi connectivity index (χ1v) is 9.30. The van der Waals surface area contributed by atoms with E-state index in [-0.39, 0.29) is 17.3 Å². The SMILES string of the molecule is CC(=NNC(=O)CSCc1ccc([N+](=O)[O-])cc1)c1cccc(Br)c1. The van der Waals surface area contributed by atoms with Gasteiger partial charge in [0, 0.05) is 22.4 Å². The Hall–Kier alpha value is -2.19. The number of nitrogens with one attached hydrogen (secondary N) is 1. The van der Waals surface area contributed by atoms with Gasteiger partial charge in [-0.05, 0) is 30.2 Å². The van der Waals surface area contributed by atoms with Gasteiger partial charge in [0.25, 0.3) is 5.69 Å². The van der Waals surface area contributed by atoms with Crippen LogP contribution in [0.2, 0.25) is 0 Å². The summed E-state index contributed by atoms with van der Waals surface area (Å²) in [4.78, 5) is 22.0. The molecule has 1 amide bonds. The quantitative estimate of drug-likeness (QED) is 0.413. The largest absolute Gasteiger partial charge is 0.272 e. The van der Waals surface area contributed by atoms with Gasteiger partial charge >= 0.3 is 0 Å². The lowest BCUT2D eigenvalue weighted by molar-refractivity contribution is -0.384. The molecule has 2 rings (SSSR count). The number of halogens is 1. The molecule has 2 aromatic carbocycles. The third-order valence-corrected chi connectivity index (χ3v) is 4.74. The number of benzene rings is 2. The van der Waals surface area contributed by atoms with E-state index in [0.717, 1.165) is 21.3 Å². The Morgan fingerprint density at radius 3 is 2.64 bits per heavy atom. The van der Waals surface area contributed by atoms with Crippen LogP contribution in [-0.4, -0.2) is 22.3 Å². The summed E-state index contributed by atoms with van der Waals surface area (Å²) >= 11 is 4.82. The van der Waals surface area contributed by atoms with Crippen LogP contribution in [0.5, 0.6) is 0 Å². The Morgan fingerprint density at radius 2 is 2.00 bits per heavy atom. The molecule has 25 heavy (non-hydrogen) atoms. The Kier molecular flexibility index (Phi) is 7.15. The lowest BCUT2D eigenvalue weighted by Gasteiger charge is -2.04. The average Bonchev–Trinajstić information content (AvgIpc) is 2.60. The maximum Gasteiger partial charge on any atom is 0.269 e. The first-order valence-electron chi connectivity index (χ1n) is 7.36. The van der Waals surface area contributed by atoms with Crippen LogP contribution in [0.4, 0.5) is 5.69 Å². The Balaban J connectivity index is 1.78. The number of hydrazone groups is 1. The Bertz CT molecular complexity index is 794.